The lowest BCUT2D eigenvalue weighted by Gasteiger charge is -2.03. The molecule has 3 heteroatoms. The molecule has 2 heterocycles. The third-order valence-electron chi connectivity index (χ3n) is 3.65. The molecule has 0 saturated carbocycles. The van der Waals surface area contributed by atoms with E-state index in [9.17, 15) is 0 Å². The van der Waals surface area contributed by atoms with E-state index in [1.54, 1.807) is 14.2 Å². The summed E-state index contributed by atoms with van der Waals surface area (Å²) in [5.74, 6) is 1.75. The quantitative estimate of drug-likeness (QED) is 0.717. The molecule has 3 rings (SSSR count). The van der Waals surface area contributed by atoms with Crippen molar-refractivity contribution in [1.29, 1.82) is 0 Å². The maximum Gasteiger partial charge on any atom is 0.122 e. The molecule has 0 aliphatic rings. The van der Waals surface area contributed by atoms with E-state index < -0.39 is 0 Å². The molecule has 0 N–H and O–H groups in total. The molecule has 102 valence electrons. The summed E-state index contributed by atoms with van der Waals surface area (Å²) in [6, 6.07) is 12.2. The zero-order valence-corrected chi connectivity index (χ0v) is 11.9. The summed E-state index contributed by atoms with van der Waals surface area (Å²) in [6.07, 6.45) is 4.17. The lowest BCUT2D eigenvalue weighted by molar-refractivity contribution is 0.414. The van der Waals surface area contributed by atoms with Crippen molar-refractivity contribution in [2.75, 3.05) is 14.2 Å². The Morgan fingerprint density at radius 1 is 0.900 bits per heavy atom. The number of benzene rings is 1. The van der Waals surface area contributed by atoms with Crippen molar-refractivity contribution < 1.29 is 9.47 Å². The normalized spacial score (nSPS) is 10.8. The van der Waals surface area contributed by atoms with Crippen molar-refractivity contribution in [2.45, 2.75) is 6.92 Å². The number of hydrogen-bond acceptors (Lipinski definition) is 2. The number of rotatable bonds is 3. The number of methoxy groups -OCH3 is 2. The molecule has 0 saturated heterocycles. The predicted molar refractivity (Wildman–Crippen MR) is 80.7 cm³/mol. The van der Waals surface area contributed by atoms with Gasteiger partial charge in [0.05, 0.1) is 19.7 Å². The highest BCUT2D eigenvalue weighted by atomic mass is 16.5. The van der Waals surface area contributed by atoms with Crippen molar-refractivity contribution in [3.63, 3.8) is 0 Å². The minimum Gasteiger partial charge on any atom is -0.497 e. The number of hydrogen-bond donors (Lipinski definition) is 0. The topological polar surface area (TPSA) is 22.9 Å². The van der Waals surface area contributed by atoms with Gasteiger partial charge >= 0.3 is 0 Å². The Kier molecular flexibility index (Phi) is 3.11. The van der Waals surface area contributed by atoms with Gasteiger partial charge in [0, 0.05) is 24.0 Å². The first-order valence-electron chi connectivity index (χ1n) is 6.52. The number of aromatic nitrogens is 1. The van der Waals surface area contributed by atoms with Crippen molar-refractivity contribution in [3.8, 4) is 22.6 Å². The summed E-state index contributed by atoms with van der Waals surface area (Å²) in [6.45, 7) is 2.13. The summed E-state index contributed by atoms with van der Waals surface area (Å²) in [5.41, 5.74) is 4.82. The Morgan fingerprint density at radius 3 is 2.25 bits per heavy atom. The van der Waals surface area contributed by atoms with Crippen molar-refractivity contribution >= 4 is 5.52 Å². The fourth-order valence-corrected chi connectivity index (χ4v) is 2.47. The minimum atomic E-state index is 0.872. The Labute approximate surface area is 118 Å². The zero-order valence-electron chi connectivity index (χ0n) is 11.9. The van der Waals surface area contributed by atoms with Gasteiger partial charge in [-0.3, -0.25) is 0 Å². The van der Waals surface area contributed by atoms with Gasteiger partial charge in [0.15, 0.2) is 0 Å². The van der Waals surface area contributed by atoms with E-state index in [0.29, 0.717) is 0 Å². The predicted octanol–water partition coefficient (Wildman–Crippen LogP) is 3.93. The molecule has 0 aliphatic heterocycles. The summed E-state index contributed by atoms with van der Waals surface area (Å²) < 4.78 is 12.6. The SMILES string of the molecule is COc1ccc(-c2cn3ccc(OC)cc3c2C)cc1. The van der Waals surface area contributed by atoms with E-state index in [1.165, 1.54) is 16.7 Å². The zero-order chi connectivity index (χ0) is 14.1. The van der Waals surface area contributed by atoms with Gasteiger partial charge in [-0.2, -0.15) is 0 Å². The first-order valence-corrected chi connectivity index (χ1v) is 6.52. The van der Waals surface area contributed by atoms with Crippen LogP contribution < -0.4 is 9.47 Å². The van der Waals surface area contributed by atoms with Crippen LogP contribution in [0, 0.1) is 6.92 Å². The van der Waals surface area contributed by atoms with Gasteiger partial charge in [0.25, 0.3) is 0 Å². The third-order valence-corrected chi connectivity index (χ3v) is 3.65. The van der Waals surface area contributed by atoms with Crippen LogP contribution in [0.5, 0.6) is 11.5 Å². The third kappa shape index (κ3) is 2.01. The summed E-state index contributed by atoms with van der Waals surface area (Å²) in [7, 11) is 3.37. The molecule has 2 aromatic heterocycles. The van der Waals surface area contributed by atoms with E-state index in [1.807, 2.05) is 24.4 Å². The van der Waals surface area contributed by atoms with Gasteiger partial charge < -0.3 is 13.9 Å². The van der Waals surface area contributed by atoms with Crippen LogP contribution in [0.1, 0.15) is 5.56 Å². The van der Waals surface area contributed by atoms with E-state index in [-0.39, 0.29) is 0 Å². The first kappa shape index (κ1) is 12.6. The Bertz CT molecular complexity index is 742. The fraction of sp³-hybridized carbons (Fsp3) is 0.176. The van der Waals surface area contributed by atoms with Crippen LogP contribution in [-0.2, 0) is 0 Å². The monoisotopic (exact) mass is 267 g/mol. The second-order valence-corrected chi connectivity index (χ2v) is 4.76. The molecule has 0 bridgehead atoms. The maximum absolute atomic E-state index is 5.29. The molecular formula is C17H17NO2. The van der Waals surface area contributed by atoms with Crippen LogP contribution in [-0.4, -0.2) is 18.6 Å². The Hall–Kier alpha value is -2.42. The van der Waals surface area contributed by atoms with E-state index in [0.717, 1.165) is 17.0 Å². The summed E-state index contributed by atoms with van der Waals surface area (Å²) >= 11 is 0. The minimum absolute atomic E-state index is 0.872. The van der Waals surface area contributed by atoms with Gasteiger partial charge in [-0.1, -0.05) is 12.1 Å². The van der Waals surface area contributed by atoms with Gasteiger partial charge in [0.1, 0.15) is 11.5 Å². The molecule has 0 aliphatic carbocycles. The molecule has 3 aromatic rings. The largest absolute Gasteiger partial charge is 0.497 e. The molecule has 0 unspecified atom stereocenters. The second kappa shape index (κ2) is 4.93. The number of pyridine rings is 1. The number of ether oxygens (including phenoxy) is 2. The van der Waals surface area contributed by atoms with Gasteiger partial charge in [-0.05, 0) is 36.2 Å². The molecule has 1 aromatic carbocycles. The van der Waals surface area contributed by atoms with Crippen LogP contribution in [0.4, 0.5) is 0 Å². The Morgan fingerprint density at radius 2 is 1.60 bits per heavy atom. The maximum atomic E-state index is 5.29. The lowest BCUT2D eigenvalue weighted by atomic mass is 10.0. The molecule has 0 spiro atoms. The molecule has 3 nitrogen and oxygen atoms in total. The first-order chi connectivity index (χ1) is 9.72. The van der Waals surface area contributed by atoms with Gasteiger partial charge in [-0.25, -0.2) is 0 Å². The number of aryl methyl sites for hydroxylation is 1. The van der Waals surface area contributed by atoms with Crippen LogP contribution >= 0.6 is 0 Å². The molecule has 0 radical (unpaired) electrons. The second-order valence-electron chi connectivity index (χ2n) is 4.76. The summed E-state index contributed by atoms with van der Waals surface area (Å²) in [4.78, 5) is 0. The molecule has 0 amide bonds. The lowest BCUT2D eigenvalue weighted by Crippen LogP contribution is -1.86. The van der Waals surface area contributed by atoms with Crippen molar-refractivity contribution in [1.82, 2.24) is 4.40 Å². The van der Waals surface area contributed by atoms with E-state index >= 15 is 0 Å². The van der Waals surface area contributed by atoms with Crippen LogP contribution in [0.15, 0.2) is 48.8 Å². The van der Waals surface area contributed by atoms with Crippen molar-refractivity contribution in [2.24, 2.45) is 0 Å². The van der Waals surface area contributed by atoms with Crippen LogP contribution in [0.2, 0.25) is 0 Å². The highest BCUT2D eigenvalue weighted by Crippen LogP contribution is 2.30. The average molecular weight is 267 g/mol. The smallest absolute Gasteiger partial charge is 0.122 e. The van der Waals surface area contributed by atoms with Gasteiger partial charge in [0.2, 0.25) is 0 Å². The highest BCUT2D eigenvalue weighted by Gasteiger charge is 2.09. The van der Waals surface area contributed by atoms with Crippen molar-refractivity contribution in [3.05, 3.63) is 54.4 Å². The van der Waals surface area contributed by atoms with Crippen LogP contribution in [0.25, 0.3) is 16.6 Å². The molecular weight excluding hydrogens is 250 g/mol. The average Bonchev–Trinajstić information content (AvgIpc) is 2.84. The number of nitrogens with zero attached hydrogens (tertiary/aromatic N) is 1. The van der Waals surface area contributed by atoms with E-state index in [2.05, 4.69) is 35.7 Å². The highest BCUT2D eigenvalue weighted by molar-refractivity contribution is 5.77. The Balaban J connectivity index is 2.13. The summed E-state index contributed by atoms with van der Waals surface area (Å²) in [5, 5.41) is 0. The molecule has 0 fully saturated rings. The molecule has 20 heavy (non-hydrogen) atoms. The standard InChI is InChI=1S/C17H17NO2/c1-12-16(13-4-6-14(19-2)7-5-13)11-18-9-8-15(20-3)10-17(12)18/h4-11H,1-3H3. The van der Waals surface area contributed by atoms with E-state index in [4.69, 9.17) is 9.47 Å². The molecule has 0 atom stereocenters. The van der Waals surface area contributed by atoms with Gasteiger partial charge in [-0.15, -0.1) is 0 Å². The van der Waals surface area contributed by atoms with Crippen LogP contribution in [0.3, 0.4) is 0 Å². The fourth-order valence-electron chi connectivity index (χ4n) is 2.47. The number of fused-ring (bicyclic) bond motifs is 1.